The van der Waals surface area contributed by atoms with E-state index in [1.54, 1.807) is 0 Å². The lowest BCUT2D eigenvalue weighted by atomic mass is 10.0. The van der Waals surface area contributed by atoms with Gasteiger partial charge in [0.25, 0.3) is 0 Å². The number of benzene rings is 1. The van der Waals surface area contributed by atoms with Crippen molar-refractivity contribution in [2.75, 3.05) is 7.11 Å². The molecule has 0 fully saturated rings. The first-order valence-corrected chi connectivity index (χ1v) is 5.41. The molecule has 1 aliphatic rings. The molecule has 0 unspecified atom stereocenters. The summed E-state index contributed by atoms with van der Waals surface area (Å²) in [5.41, 5.74) is 0.962. The molecule has 0 saturated heterocycles. The molecule has 0 aliphatic heterocycles. The van der Waals surface area contributed by atoms with Gasteiger partial charge in [-0.15, -0.1) is 0 Å². The van der Waals surface area contributed by atoms with Gasteiger partial charge in [0.15, 0.2) is 17.3 Å². The van der Waals surface area contributed by atoms with Crippen molar-refractivity contribution >= 4 is 17.8 Å². The second-order valence-corrected chi connectivity index (χ2v) is 4.01. The van der Waals surface area contributed by atoms with Crippen LogP contribution in [-0.2, 0) is 4.79 Å². The lowest BCUT2D eigenvalue weighted by Gasteiger charge is -2.08. The van der Waals surface area contributed by atoms with Gasteiger partial charge >= 0.3 is 5.97 Å². The molecular weight excluding hydrogens is 236 g/mol. The Morgan fingerprint density at radius 1 is 1.33 bits per heavy atom. The van der Waals surface area contributed by atoms with Crippen LogP contribution in [0.3, 0.4) is 0 Å². The van der Waals surface area contributed by atoms with Gasteiger partial charge < -0.3 is 14.9 Å². The average molecular weight is 248 g/mol. The first kappa shape index (κ1) is 12.2. The topological polar surface area (TPSA) is 83.8 Å². The average Bonchev–Trinajstić information content (AvgIpc) is 2.49. The maximum Gasteiger partial charge on any atom is 0.331 e. The first-order chi connectivity index (χ1) is 8.52. The number of carboxylic acids is 1. The van der Waals surface area contributed by atoms with Crippen LogP contribution >= 0.6 is 0 Å². The van der Waals surface area contributed by atoms with Gasteiger partial charge in [0, 0.05) is 17.6 Å². The molecule has 0 saturated carbocycles. The third kappa shape index (κ3) is 2.07. The zero-order valence-electron chi connectivity index (χ0n) is 9.77. The predicted octanol–water partition coefficient (Wildman–Crippen LogP) is 1.85. The molecule has 1 aromatic rings. The lowest BCUT2D eigenvalue weighted by molar-refractivity contribution is -0.132. The van der Waals surface area contributed by atoms with Gasteiger partial charge in [-0.3, -0.25) is 4.79 Å². The Morgan fingerprint density at radius 3 is 2.67 bits per heavy atom. The number of hydrogen-bond donors (Lipinski definition) is 2. The Hall–Kier alpha value is -2.30. The molecule has 0 aromatic heterocycles. The fraction of sp³-hybridized carbons (Fsp3) is 0.231. The number of phenols is 1. The third-order valence-electron chi connectivity index (χ3n) is 2.88. The standard InChI is InChI=1S/C13H12O5/c1-18-12-5-8-4-7(13(16)17)2-3-10(14)9(8)6-11(12)15/h4-6,15H,2-3H2,1H3,(H,16,17). The van der Waals surface area contributed by atoms with Crippen LogP contribution in [0.25, 0.3) is 6.08 Å². The Balaban J connectivity index is 2.61. The summed E-state index contributed by atoms with van der Waals surface area (Å²) in [6.07, 6.45) is 1.76. The summed E-state index contributed by atoms with van der Waals surface area (Å²) >= 11 is 0. The summed E-state index contributed by atoms with van der Waals surface area (Å²) in [5.74, 6) is -1.14. The van der Waals surface area contributed by atoms with Crippen LogP contribution in [0, 0.1) is 0 Å². The smallest absolute Gasteiger partial charge is 0.331 e. The molecule has 5 nitrogen and oxygen atoms in total. The number of ketones is 1. The van der Waals surface area contributed by atoms with Crippen molar-refractivity contribution in [1.82, 2.24) is 0 Å². The van der Waals surface area contributed by atoms with Gasteiger partial charge in [-0.1, -0.05) is 0 Å². The molecule has 1 aliphatic carbocycles. The van der Waals surface area contributed by atoms with Crippen LogP contribution in [0.15, 0.2) is 17.7 Å². The number of carboxylic acid groups (broad SMARTS) is 1. The van der Waals surface area contributed by atoms with Crippen molar-refractivity contribution in [2.45, 2.75) is 12.8 Å². The van der Waals surface area contributed by atoms with Crippen LogP contribution in [0.4, 0.5) is 0 Å². The molecule has 18 heavy (non-hydrogen) atoms. The van der Waals surface area contributed by atoms with E-state index in [-0.39, 0.29) is 35.7 Å². The summed E-state index contributed by atoms with van der Waals surface area (Å²) in [4.78, 5) is 22.8. The number of carbonyl (C=O) groups is 2. The summed E-state index contributed by atoms with van der Waals surface area (Å²) < 4.78 is 4.94. The number of aliphatic carboxylic acids is 1. The Bertz CT molecular complexity index is 557. The molecule has 0 spiro atoms. The fourth-order valence-electron chi connectivity index (χ4n) is 1.92. The summed E-state index contributed by atoms with van der Waals surface area (Å²) in [6.45, 7) is 0. The maximum atomic E-state index is 11.8. The van der Waals surface area contributed by atoms with Gasteiger partial charge in [0.1, 0.15) is 0 Å². The molecule has 2 rings (SSSR count). The van der Waals surface area contributed by atoms with E-state index >= 15 is 0 Å². The second kappa shape index (κ2) is 4.52. The number of Topliss-reactive ketones (excluding diaryl/α,β-unsaturated/α-hetero) is 1. The van der Waals surface area contributed by atoms with Crippen LogP contribution in [-0.4, -0.2) is 29.1 Å². The highest BCUT2D eigenvalue weighted by atomic mass is 16.5. The van der Waals surface area contributed by atoms with Crippen LogP contribution in [0.1, 0.15) is 28.8 Å². The zero-order valence-corrected chi connectivity index (χ0v) is 9.77. The van der Waals surface area contributed by atoms with Crippen LogP contribution in [0.5, 0.6) is 11.5 Å². The Morgan fingerprint density at radius 2 is 2.06 bits per heavy atom. The fourth-order valence-corrected chi connectivity index (χ4v) is 1.92. The maximum absolute atomic E-state index is 11.8. The molecule has 1 aromatic carbocycles. The third-order valence-corrected chi connectivity index (χ3v) is 2.88. The first-order valence-electron chi connectivity index (χ1n) is 5.41. The number of methoxy groups -OCH3 is 1. The molecule has 94 valence electrons. The Labute approximate surface area is 103 Å². The van der Waals surface area contributed by atoms with Gasteiger partial charge in [-0.05, 0) is 30.2 Å². The number of hydrogen-bond acceptors (Lipinski definition) is 4. The Kier molecular flexibility index (Phi) is 3.06. The van der Waals surface area contributed by atoms with Crippen molar-refractivity contribution < 1.29 is 24.5 Å². The quantitative estimate of drug-likeness (QED) is 0.834. The number of ether oxygens (including phenoxy) is 1. The molecule has 0 atom stereocenters. The van der Waals surface area contributed by atoms with Crippen molar-refractivity contribution in [3.05, 3.63) is 28.8 Å². The summed E-state index contributed by atoms with van der Waals surface area (Å²) in [6, 6.07) is 2.79. The van der Waals surface area contributed by atoms with Gasteiger partial charge in [-0.25, -0.2) is 4.79 Å². The minimum atomic E-state index is -1.04. The minimum Gasteiger partial charge on any atom is -0.504 e. The molecular formula is C13H12O5. The lowest BCUT2D eigenvalue weighted by Crippen LogP contribution is -2.02. The van der Waals surface area contributed by atoms with Gasteiger partial charge in [0.2, 0.25) is 0 Å². The van der Waals surface area contributed by atoms with E-state index in [9.17, 15) is 14.7 Å². The normalized spacial score (nSPS) is 14.5. The van der Waals surface area contributed by atoms with Crippen LogP contribution < -0.4 is 4.74 Å². The van der Waals surface area contributed by atoms with E-state index in [1.807, 2.05) is 0 Å². The molecule has 5 heteroatoms. The predicted molar refractivity (Wildman–Crippen MR) is 63.8 cm³/mol. The number of aromatic hydroxyl groups is 1. The minimum absolute atomic E-state index is 0.122. The van der Waals surface area contributed by atoms with Crippen molar-refractivity contribution in [1.29, 1.82) is 0 Å². The van der Waals surface area contributed by atoms with Crippen molar-refractivity contribution in [3.63, 3.8) is 0 Å². The SMILES string of the molecule is COc1cc2c(cc1O)C(=O)CCC(C(=O)O)=C2. The van der Waals surface area contributed by atoms with Gasteiger partial charge in [-0.2, -0.15) is 0 Å². The number of fused-ring (bicyclic) bond motifs is 1. The van der Waals surface area contributed by atoms with E-state index in [0.717, 1.165) is 0 Å². The van der Waals surface area contributed by atoms with E-state index in [2.05, 4.69) is 0 Å². The molecule has 0 amide bonds. The molecule has 2 N–H and O–H groups in total. The van der Waals surface area contributed by atoms with E-state index in [4.69, 9.17) is 9.84 Å². The second-order valence-electron chi connectivity index (χ2n) is 4.01. The largest absolute Gasteiger partial charge is 0.504 e. The highest BCUT2D eigenvalue weighted by molar-refractivity contribution is 6.04. The number of phenolic OH excluding ortho intramolecular Hbond substituents is 1. The number of carbonyl (C=O) groups excluding carboxylic acids is 1. The number of rotatable bonds is 2. The van der Waals surface area contributed by atoms with E-state index in [0.29, 0.717) is 11.1 Å². The van der Waals surface area contributed by atoms with Gasteiger partial charge in [0.05, 0.1) is 7.11 Å². The molecule has 0 bridgehead atoms. The van der Waals surface area contributed by atoms with Crippen LogP contribution in [0.2, 0.25) is 0 Å². The van der Waals surface area contributed by atoms with Crippen molar-refractivity contribution in [3.8, 4) is 11.5 Å². The summed E-state index contributed by atoms with van der Waals surface area (Å²) in [5, 5.41) is 18.6. The zero-order chi connectivity index (χ0) is 13.3. The highest BCUT2D eigenvalue weighted by Crippen LogP contribution is 2.33. The summed E-state index contributed by atoms with van der Waals surface area (Å²) in [7, 11) is 1.39. The molecule has 0 radical (unpaired) electrons. The van der Waals surface area contributed by atoms with Crippen molar-refractivity contribution in [2.24, 2.45) is 0 Å². The van der Waals surface area contributed by atoms with E-state index < -0.39 is 5.97 Å². The van der Waals surface area contributed by atoms with E-state index in [1.165, 1.54) is 25.3 Å². The highest BCUT2D eigenvalue weighted by Gasteiger charge is 2.21. The molecule has 0 heterocycles. The monoisotopic (exact) mass is 248 g/mol.